The molecule has 7 nitrogen and oxygen atoms in total. The van der Waals surface area contributed by atoms with Gasteiger partial charge < -0.3 is 19.7 Å². The first-order chi connectivity index (χ1) is 11.1. The summed E-state index contributed by atoms with van der Waals surface area (Å²) in [4.78, 5) is 22.5. The fourth-order valence-corrected chi connectivity index (χ4v) is 2.38. The van der Waals surface area contributed by atoms with Crippen LogP contribution in [0.5, 0.6) is 11.5 Å². The fraction of sp³-hybridized carbons (Fsp3) is 0.312. The number of hydrogen-bond acceptors (Lipinski definition) is 6. The van der Waals surface area contributed by atoms with Gasteiger partial charge in [0.1, 0.15) is 18.1 Å². The van der Waals surface area contributed by atoms with Crippen molar-refractivity contribution in [1.82, 2.24) is 9.97 Å². The fourth-order valence-electron chi connectivity index (χ4n) is 2.38. The number of ether oxygens (including phenoxy) is 2. The third kappa shape index (κ3) is 3.03. The molecule has 2 unspecified atom stereocenters. The number of nitrogens with one attached hydrogen (secondary N) is 1. The summed E-state index contributed by atoms with van der Waals surface area (Å²) in [6.45, 7) is 1.80. The predicted molar refractivity (Wildman–Crippen MR) is 85.9 cm³/mol. The Hall–Kier alpha value is -2.83. The summed E-state index contributed by atoms with van der Waals surface area (Å²) in [6.07, 6.45) is 1.84. The molecule has 0 aliphatic carbocycles. The van der Waals surface area contributed by atoms with Gasteiger partial charge in [-0.2, -0.15) is 0 Å². The second kappa shape index (κ2) is 6.12. The Balaban J connectivity index is 1.79. The molecule has 1 amide bonds. The van der Waals surface area contributed by atoms with Crippen LogP contribution in [0.3, 0.4) is 0 Å². The lowest BCUT2D eigenvalue weighted by molar-refractivity contribution is -0.128. The quantitative estimate of drug-likeness (QED) is 0.929. The molecule has 2 atom stereocenters. The molecule has 2 aromatic rings. The molecule has 2 heterocycles. The van der Waals surface area contributed by atoms with Crippen LogP contribution in [-0.2, 0) is 4.79 Å². The highest BCUT2D eigenvalue weighted by atomic mass is 16.6. The lowest BCUT2D eigenvalue weighted by Gasteiger charge is -2.31. The summed E-state index contributed by atoms with van der Waals surface area (Å²) in [6, 6.07) is 7.29. The van der Waals surface area contributed by atoms with E-state index in [1.807, 2.05) is 32.3 Å². The lowest BCUT2D eigenvalue weighted by Crippen LogP contribution is -2.46. The largest absolute Gasteiger partial charge is 0.482 e. The Morgan fingerprint density at radius 2 is 1.91 bits per heavy atom. The van der Waals surface area contributed by atoms with E-state index in [0.717, 1.165) is 0 Å². The van der Waals surface area contributed by atoms with E-state index >= 15 is 0 Å². The number of amides is 1. The van der Waals surface area contributed by atoms with E-state index in [-0.39, 0.29) is 5.91 Å². The number of para-hydroxylation sites is 2. The third-order valence-corrected chi connectivity index (χ3v) is 3.47. The van der Waals surface area contributed by atoms with Crippen LogP contribution in [0.1, 0.15) is 6.92 Å². The van der Waals surface area contributed by atoms with Gasteiger partial charge in [-0.1, -0.05) is 12.1 Å². The first kappa shape index (κ1) is 15.1. The van der Waals surface area contributed by atoms with Crippen molar-refractivity contribution in [2.45, 2.75) is 19.1 Å². The first-order valence-corrected chi connectivity index (χ1v) is 7.27. The molecule has 1 N–H and O–H groups in total. The molecule has 3 rings (SSSR count). The number of rotatable bonds is 3. The molecule has 0 saturated heterocycles. The molecule has 0 spiro atoms. The van der Waals surface area contributed by atoms with E-state index in [1.165, 1.54) is 6.33 Å². The molecule has 120 valence electrons. The SMILES string of the molecule is CC1Oc2ccccc2OC1C(=O)Nc1cncnc1N(C)C. The lowest BCUT2D eigenvalue weighted by atomic mass is 10.1. The van der Waals surface area contributed by atoms with E-state index in [1.54, 1.807) is 24.1 Å². The monoisotopic (exact) mass is 314 g/mol. The average molecular weight is 314 g/mol. The molecule has 1 aromatic carbocycles. The number of anilines is 2. The zero-order valence-corrected chi connectivity index (χ0v) is 13.2. The zero-order valence-electron chi connectivity index (χ0n) is 13.2. The molecule has 1 aromatic heterocycles. The minimum Gasteiger partial charge on any atom is -0.482 e. The van der Waals surface area contributed by atoms with Gasteiger partial charge in [-0.3, -0.25) is 4.79 Å². The van der Waals surface area contributed by atoms with Gasteiger partial charge >= 0.3 is 0 Å². The Morgan fingerprint density at radius 1 is 1.22 bits per heavy atom. The highest BCUT2D eigenvalue weighted by molar-refractivity contribution is 5.97. The maximum Gasteiger partial charge on any atom is 0.269 e. The molecule has 0 bridgehead atoms. The predicted octanol–water partition coefficient (Wildman–Crippen LogP) is 1.71. The minimum absolute atomic E-state index is 0.301. The van der Waals surface area contributed by atoms with Crippen LogP contribution in [0.25, 0.3) is 0 Å². The maximum atomic E-state index is 12.6. The van der Waals surface area contributed by atoms with E-state index in [2.05, 4.69) is 15.3 Å². The van der Waals surface area contributed by atoms with Gasteiger partial charge in [0.05, 0.1) is 6.20 Å². The van der Waals surface area contributed by atoms with Crippen molar-refractivity contribution in [1.29, 1.82) is 0 Å². The first-order valence-electron chi connectivity index (χ1n) is 7.27. The van der Waals surface area contributed by atoms with Crippen molar-refractivity contribution in [2.75, 3.05) is 24.3 Å². The standard InChI is InChI=1S/C16H18N4O3/c1-10-14(23-13-7-5-4-6-12(13)22-10)16(21)19-11-8-17-9-18-15(11)20(2)3/h4-10,14H,1-3H3,(H,19,21). The van der Waals surface area contributed by atoms with Gasteiger partial charge in [0, 0.05) is 14.1 Å². The summed E-state index contributed by atoms with van der Waals surface area (Å²) in [7, 11) is 3.69. The van der Waals surface area contributed by atoms with Crippen molar-refractivity contribution < 1.29 is 14.3 Å². The average Bonchev–Trinajstić information content (AvgIpc) is 2.54. The van der Waals surface area contributed by atoms with Crippen LogP contribution in [-0.4, -0.2) is 42.2 Å². The highest BCUT2D eigenvalue weighted by Crippen LogP contribution is 2.33. The third-order valence-electron chi connectivity index (χ3n) is 3.47. The minimum atomic E-state index is -0.750. The van der Waals surface area contributed by atoms with Crippen LogP contribution in [0, 0.1) is 0 Å². The van der Waals surface area contributed by atoms with E-state index in [0.29, 0.717) is 23.0 Å². The van der Waals surface area contributed by atoms with Crippen molar-refractivity contribution in [3.05, 3.63) is 36.8 Å². The smallest absolute Gasteiger partial charge is 0.269 e. The van der Waals surface area contributed by atoms with E-state index in [9.17, 15) is 4.79 Å². The Bertz CT molecular complexity index is 720. The molecule has 7 heteroatoms. The molecule has 23 heavy (non-hydrogen) atoms. The van der Waals surface area contributed by atoms with Crippen LogP contribution in [0.4, 0.5) is 11.5 Å². The second-order valence-electron chi connectivity index (χ2n) is 5.45. The molecule has 0 saturated carbocycles. The molecule has 0 fully saturated rings. The number of carbonyl (C=O) groups is 1. The van der Waals surface area contributed by atoms with Crippen molar-refractivity contribution in [2.24, 2.45) is 0 Å². The summed E-state index contributed by atoms with van der Waals surface area (Å²) in [5, 5.41) is 2.81. The summed E-state index contributed by atoms with van der Waals surface area (Å²) in [5.41, 5.74) is 0.525. The normalized spacial score (nSPS) is 19.1. The Kier molecular flexibility index (Phi) is 4.01. The molecular formula is C16H18N4O3. The van der Waals surface area contributed by atoms with Crippen LogP contribution in [0.2, 0.25) is 0 Å². The summed E-state index contributed by atoms with van der Waals surface area (Å²) in [5.74, 6) is 1.52. The zero-order chi connectivity index (χ0) is 16.4. The molecule has 1 aliphatic rings. The number of hydrogen-bond donors (Lipinski definition) is 1. The van der Waals surface area contributed by atoms with Crippen molar-refractivity contribution in [3.63, 3.8) is 0 Å². The van der Waals surface area contributed by atoms with Gasteiger partial charge in [0.15, 0.2) is 17.3 Å². The molecule has 0 radical (unpaired) electrons. The van der Waals surface area contributed by atoms with E-state index < -0.39 is 12.2 Å². The number of benzene rings is 1. The number of nitrogens with zero attached hydrogens (tertiary/aromatic N) is 3. The van der Waals surface area contributed by atoms with Gasteiger partial charge in [0.25, 0.3) is 5.91 Å². The van der Waals surface area contributed by atoms with Crippen molar-refractivity contribution in [3.8, 4) is 11.5 Å². The van der Waals surface area contributed by atoms with Crippen molar-refractivity contribution >= 4 is 17.4 Å². The number of carbonyl (C=O) groups excluding carboxylic acids is 1. The molecular weight excluding hydrogens is 296 g/mol. The van der Waals surface area contributed by atoms with Crippen LogP contribution >= 0.6 is 0 Å². The van der Waals surface area contributed by atoms with Gasteiger partial charge in [-0.15, -0.1) is 0 Å². The second-order valence-corrected chi connectivity index (χ2v) is 5.45. The van der Waals surface area contributed by atoms with Crippen LogP contribution < -0.4 is 19.7 Å². The number of fused-ring (bicyclic) bond motifs is 1. The molecule has 1 aliphatic heterocycles. The highest BCUT2D eigenvalue weighted by Gasteiger charge is 2.34. The topological polar surface area (TPSA) is 76.6 Å². The summed E-state index contributed by atoms with van der Waals surface area (Å²) < 4.78 is 11.5. The van der Waals surface area contributed by atoms with Gasteiger partial charge in [0.2, 0.25) is 6.10 Å². The van der Waals surface area contributed by atoms with Gasteiger partial charge in [-0.25, -0.2) is 9.97 Å². The summed E-state index contributed by atoms with van der Waals surface area (Å²) >= 11 is 0. The van der Waals surface area contributed by atoms with Gasteiger partial charge in [-0.05, 0) is 19.1 Å². The Morgan fingerprint density at radius 3 is 2.61 bits per heavy atom. The maximum absolute atomic E-state index is 12.6. The Labute approximate surface area is 134 Å². The van der Waals surface area contributed by atoms with Crippen LogP contribution in [0.15, 0.2) is 36.8 Å². The number of aromatic nitrogens is 2. The van der Waals surface area contributed by atoms with E-state index in [4.69, 9.17) is 9.47 Å².